The van der Waals surface area contributed by atoms with Gasteiger partial charge in [0.1, 0.15) is 11.6 Å². The summed E-state index contributed by atoms with van der Waals surface area (Å²) in [4.78, 5) is 8.37. The lowest BCUT2D eigenvalue weighted by Gasteiger charge is -2.02. The Morgan fingerprint density at radius 2 is 2.29 bits per heavy atom. The van der Waals surface area contributed by atoms with Crippen LogP contribution in [0, 0.1) is 6.92 Å². The molecule has 0 fully saturated rings. The number of aliphatic hydroxyl groups excluding tert-OH is 1. The average Bonchev–Trinajstić information content (AvgIpc) is 2.11. The molecule has 0 spiro atoms. The van der Waals surface area contributed by atoms with Crippen LogP contribution in [-0.4, -0.2) is 27.4 Å². The Balaban J connectivity index is 2.42. The zero-order chi connectivity index (χ0) is 10.4. The van der Waals surface area contributed by atoms with Crippen molar-refractivity contribution in [2.75, 3.05) is 18.1 Å². The Labute approximate surface area is 88.0 Å². The lowest BCUT2D eigenvalue weighted by molar-refractivity contribution is 0.296. The van der Waals surface area contributed by atoms with Gasteiger partial charge < -0.3 is 10.8 Å². The molecule has 0 aliphatic carbocycles. The van der Waals surface area contributed by atoms with Crippen LogP contribution in [-0.2, 0) is 5.75 Å². The van der Waals surface area contributed by atoms with Crippen LogP contribution in [0.5, 0.6) is 0 Å². The third-order valence-electron chi connectivity index (χ3n) is 1.60. The molecule has 0 aromatic carbocycles. The van der Waals surface area contributed by atoms with Crippen LogP contribution in [0.3, 0.4) is 0 Å². The van der Waals surface area contributed by atoms with Crippen molar-refractivity contribution in [2.45, 2.75) is 19.1 Å². The van der Waals surface area contributed by atoms with Gasteiger partial charge >= 0.3 is 0 Å². The van der Waals surface area contributed by atoms with E-state index < -0.39 is 0 Å². The molecule has 3 N–H and O–H groups in total. The molecule has 0 unspecified atom stereocenters. The smallest absolute Gasteiger partial charge is 0.140 e. The molecule has 0 atom stereocenters. The fourth-order valence-electron chi connectivity index (χ4n) is 1.05. The molecule has 5 heteroatoms. The number of thioether (sulfide) groups is 1. The summed E-state index contributed by atoms with van der Waals surface area (Å²) < 4.78 is 0. The highest BCUT2D eigenvalue weighted by molar-refractivity contribution is 7.98. The standard InChI is InChI=1S/C9H15N3OS/c1-7-5-8(10)12-9(11-7)6-14-4-2-3-13/h5,13H,2-4,6H2,1H3,(H2,10,11,12). The summed E-state index contributed by atoms with van der Waals surface area (Å²) in [5, 5.41) is 8.59. The molecule has 14 heavy (non-hydrogen) atoms. The van der Waals surface area contributed by atoms with Gasteiger partial charge in [0.15, 0.2) is 0 Å². The fraction of sp³-hybridized carbons (Fsp3) is 0.556. The second-order valence-electron chi connectivity index (χ2n) is 2.98. The predicted octanol–water partition coefficient (Wildman–Crippen LogP) is 0.983. The van der Waals surface area contributed by atoms with Gasteiger partial charge in [-0.05, 0) is 19.1 Å². The molecule has 1 aromatic heterocycles. The quantitative estimate of drug-likeness (QED) is 0.713. The lowest BCUT2D eigenvalue weighted by Crippen LogP contribution is -2.00. The first-order chi connectivity index (χ1) is 6.72. The highest BCUT2D eigenvalue weighted by Crippen LogP contribution is 2.11. The third kappa shape index (κ3) is 3.93. The second-order valence-corrected chi connectivity index (χ2v) is 4.09. The van der Waals surface area contributed by atoms with E-state index in [2.05, 4.69) is 9.97 Å². The van der Waals surface area contributed by atoms with Crippen molar-refractivity contribution in [1.29, 1.82) is 0 Å². The van der Waals surface area contributed by atoms with Gasteiger partial charge in [-0.2, -0.15) is 11.8 Å². The molecule has 1 heterocycles. The summed E-state index contributed by atoms with van der Waals surface area (Å²) in [5.41, 5.74) is 6.49. The van der Waals surface area contributed by atoms with Crippen molar-refractivity contribution in [1.82, 2.24) is 9.97 Å². The second kappa shape index (κ2) is 5.82. The number of anilines is 1. The van der Waals surface area contributed by atoms with Crippen molar-refractivity contribution in [3.63, 3.8) is 0 Å². The molecule has 0 radical (unpaired) electrons. The lowest BCUT2D eigenvalue weighted by atomic mass is 10.4. The van der Waals surface area contributed by atoms with Crippen LogP contribution >= 0.6 is 11.8 Å². The summed E-state index contributed by atoms with van der Waals surface area (Å²) in [7, 11) is 0. The Hall–Kier alpha value is -0.810. The van der Waals surface area contributed by atoms with Crippen LogP contribution < -0.4 is 5.73 Å². The zero-order valence-corrected chi connectivity index (χ0v) is 9.05. The number of aliphatic hydroxyl groups is 1. The van der Waals surface area contributed by atoms with Crippen LogP contribution in [0.4, 0.5) is 5.82 Å². The van der Waals surface area contributed by atoms with Crippen LogP contribution in [0.2, 0.25) is 0 Å². The maximum absolute atomic E-state index is 8.59. The summed E-state index contributed by atoms with van der Waals surface area (Å²) >= 11 is 1.71. The number of aromatic nitrogens is 2. The Kier molecular flexibility index (Phi) is 4.69. The van der Waals surface area contributed by atoms with Crippen molar-refractivity contribution in [3.05, 3.63) is 17.6 Å². The number of nitrogens with zero attached hydrogens (tertiary/aromatic N) is 2. The summed E-state index contributed by atoms with van der Waals surface area (Å²) in [6.45, 7) is 2.14. The first-order valence-corrected chi connectivity index (χ1v) is 5.66. The average molecular weight is 213 g/mol. The van der Waals surface area contributed by atoms with E-state index in [-0.39, 0.29) is 6.61 Å². The summed E-state index contributed by atoms with van der Waals surface area (Å²) in [6.07, 6.45) is 0.811. The minimum absolute atomic E-state index is 0.240. The molecule has 78 valence electrons. The summed E-state index contributed by atoms with van der Waals surface area (Å²) in [6, 6.07) is 1.75. The molecule has 0 saturated heterocycles. The van der Waals surface area contributed by atoms with Gasteiger partial charge in [-0.25, -0.2) is 9.97 Å². The van der Waals surface area contributed by atoms with E-state index in [1.807, 2.05) is 6.92 Å². The number of nitrogens with two attached hydrogens (primary N) is 1. The van der Waals surface area contributed by atoms with Gasteiger partial charge in [0.05, 0.1) is 5.75 Å². The predicted molar refractivity (Wildman–Crippen MR) is 59.0 cm³/mol. The van der Waals surface area contributed by atoms with Gasteiger partial charge in [0.2, 0.25) is 0 Å². The maximum Gasteiger partial charge on any atom is 0.140 e. The molecule has 0 amide bonds. The first-order valence-electron chi connectivity index (χ1n) is 4.51. The number of hydrogen-bond acceptors (Lipinski definition) is 5. The molecule has 4 nitrogen and oxygen atoms in total. The van der Waals surface area contributed by atoms with E-state index >= 15 is 0 Å². The van der Waals surface area contributed by atoms with Gasteiger partial charge in [-0.3, -0.25) is 0 Å². The topological polar surface area (TPSA) is 72.0 Å². The Bertz CT molecular complexity index is 273. The molecule has 0 aliphatic rings. The summed E-state index contributed by atoms with van der Waals surface area (Å²) in [5.74, 6) is 2.97. The van der Waals surface area contributed by atoms with Crippen molar-refractivity contribution >= 4 is 17.6 Å². The highest BCUT2D eigenvalue weighted by Gasteiger charge is 1.99. The van der Waals surface area contributed by atoms with Crippen LogP contribution in [0.25, 0.3) is 0 Å². The SMILES string of the molecule is Cc1cc(N)nc(CSCCCO)n1. The molecule has 0 bridgehead atoms. The molecular formula is C9H15N3OS. The van der Waals surface area contributed by atoms with Crippen molar-refractivity contribution in [2.24, 2.45) is 0 Å². The minimum atomic E-state index is 0.240. The largest absolute Gasteiger partial charge is 0.396 e. The van der Waals surface area contributed by atoms with Crippen LogP contribution in [0.15, 0.2) is 6.07 Å². The van der Waals surface area contributed by atoms with E-state index in [0.717, 1.165) is 29.4 Å². The molecule has 0 aliphatic heterocycles. The number of hydrogen-bond donors (Lipinski definition) is 2. The first kappa shape index (κ1) is 11.3. The fourth-order valence-corrected chi connectivity index (χ4v) is 1.84. The van der Waals surface area contributed by atoms with Crippen molar-refractivity contribution < 1.29 is 5.11 Å². The van der Waals surface area contributed by atoms with E-state index in [9.17, 15) is 0 Å². The van der Waals surface area contributed by atoms with E-state index in [1.165, 1.54) is 0 Å². The number of aryl methyl sites for hydroxylation is 1. The molecule has 1 rings (SSSR count). The van der Waals surface area contributed by atoms with Gasteiger partial charge in [-0.15, -0.1) is 0 Å². The number of nitrogen functional groups attached to an aromatic ring is 1. The highest BCUT2D eigenvalue weighted by atomic mass is 32.2. The third-order valence-corrected chi connectivity index (χ3v) is 2.64. The molecular weight excluding hydrogens is 198 g/mol. The van der Waals surface area contributed by atoms with Crippen LogP contribution in [0.1, 0.15) is 17.9 Å². The monoisotopic (exact) mass is 213 g/mol. The van der Waals surface area contributed by atoms with E-state index in [1.54, 1.807) is 17.8 Å². The van der Waals surface area contributed by atoms with Crippen molar-refractivity contribution in [3.8, 4) is 0 Å². The van der Waals surface area contributed by atoms with Gasteiger partial charge in [0, 0.05) is 18.4 Å². The van der Waals surface area contributed by atoms with E-state index in [4.69, 9.17) is 10.8 Å². The van der Waals surface area contributed by atoms with E-state index in [0.29, 0.717) is 5.82 Å². The normalized spacial score (nSPS) is 10.4. The maximum atomic E-state index is 8.59. The van der Waals surface area contributed by atoms with Gasteiger partial charge in [-0.1, -0.05) is 0 Å². The zero-order valence-electron chi connectivity index (χ0n) is 8.23. The van der Waals surface area contributed by atoms with Gasteiger partial charge in [0.25, 0.3) is 0 Å². The molecule has 0 saturated carbocycles. The molecule has 1 aromatic rings. The Morgan fingerprint density at radius 1 is 1.50 bits per heavy atom. The minimum Gasteiger partial charge on any atom is -0.396 e. The number of rotatable bonds is 5. The Morgan fingerprint density at radius 3 is 2.93 bits per heavy atom.